The van der Waals surface area contributed by atoms with Crippen LogP contribution in [0.15, 0.2) is 30.3 Å². The van der Waals surface area contributed by atoms with Gasteiger partial charge in [-0.2, -0.15) is 13.9 Å². The molecule has 0 fully saturated rings. The van der Waals surface area contributed by atoms with Gasteiger partial charge in [-0.1, -0.05) is 0 Å². The van der Waals surface area contributed by atoms with Gasteiger partial charge in [-0.05, 0) is 68.5 Å². The van der Waals surface area contributed by atoms with Crippen LogP contribution >= 0.6 is 11.3 Å². The highest BCUT2D eigenvalue weighted by Crippen LogP contribution is 2.38. The van der Waals surface area contributed by atoms with Gasteiger partial charge in [-0.15, -0.1) is 11.3 Å². The molecule has 7 nitrogen and oxygen atoms in total. The number of anilines is 1. The molecule has 32 heavy (non-hydrogen) atoms. The number of carbonyl (C=O) groups is 2. The van der Waals surface area contributed by atoms with E-state index in [0.717, 1.165) is 36.1 Å². The van der Waals surface area contributed by atoms with Gasteiger partial charge in [0.2, 0.25) is 0 Å². The minimum absolute atomic E-state index is 0.0328. The minimum atomic E-state index is -2.90. The number of carbonyl (C=O) groups excluding carboxylic acids is 2. The fourth-order valence-electron chi connectivity index (χ4n) is 3.64. The molecule has 0 aliphatic heterocycles. The Morgan fingerprint density at radius 1 is 1.22 bits per heavy atom. The Kier molecular flexibility index (Phi) is 6.50. The van der Waals surface area contributed by atoms with E-state index in [9.17, 15) is 18.4 Å². The number of benzene rings is 1. The average molecular weight is 461 g/mol. The normalized spacial score (nSPS) is 13.0. The summed E-state index contributed by atoms with van der Waals surface area (Å²) in [5, 5.41) is 10.1. The number of halogens is 2. The Morgan fingerprint density at radius 2 is 1.97 bits per heavy atom. The predicted molar refractivity (Wildman–Crippen MR) is 116 cm³/mol. The summed E-state index contributed by atoms with van der Waals surface area (Å²) in [7, 11) is 0. The summed E-state index contributed by atoms with van der Waals surface area (Å²) >= 11 is 1.41. The van der Waals surface area contributed by atoms with Crippen molar-refractivity contribution in [3.8, 4) is 17.0 Å². The number of nitrogens with one attached hydrogen (secondary N) is 2. The summed E-state index contributed by atoms with van der Waals surface area (Å²) in [6.45, 7) is -0.904. The number of H-pyrrole nitrogens is 1. The summed E-state index contributed by atoms with van der Waals surface area (Å²) in [5.41, 5.74) is 2.70. The summed E-state index contributed by atoms with van der Waals surface area (Å²) in [4.78, 5) is 26.5. The third-order valence-corrected chi connectivity index (χ3v) is 6.28. The van der Waals surface area contributed by atoms with E-state index in [-0.39, 0.29) is 18.1 Å². The van der Waals surface area contributed by atoms with E-state index in [4.69, 9.17) is 4.74 Å². The van der Waals surface area contributed by atoms with Gasteiger partial charge in [0.05, 0.1) is 17.9 Å². The van der Waals surface area contributed by atoms with Crippen molar-refractivity contribution in [2.45, 2.75) is 39.2 Å². The number of fused-ring (bicyclic) bond motifs is 1. The van der Waals surface area contributed by atoms with E-state index < -0.39 is 18.5 Å². The highest BCUT2D eigenvalue weighted by molar-refractivity contribution is 7.17. The first-order valence-corrected chi connectivity index (χ1v) is 11.0. The number of hydrogen-bond acceptors (Lipinski definition) is 6. The van der Waals surface area contributed by atoms with E-state index in [1.807, 2.05) is 0 Å². The molecule has 1 aromatic carbocycles. The van der Waals surface area contributed by atoms with Crippen LogP contribution in [0.4, 0.5) is 13.8 Å². The highest BCUT2D eigenvalue weighted by Gasteiger charge is 2.27. The zero-order valence-electron chi connectivity index (χ0n) is 17.2. The molecule has 1 aliphatic carbocycles. The lowest BCUT2D eigenvalue weighted by molar-refractivity contribution is -0.0498. The lowest BCUT2D eigenvalue weighted by Gasteiger charge is -2.12. The predicted octanol–water partition coefficient (Wildman–Crippen LogP) is 5.05. The summed E-state index contributed by atoms with van der Waals surface area (Å²) < 4.78 is 34.1. The zero-order chi connectivity index (χ0) is 22.7. The standard InChI is InChI=1S/C22H21F2N3O4S/c1-2-30-21(29)18-14-5-3-4-6-17(14)32-20(18)25-19(28)16-11-15(26-27-16)12-7-9-13(10-8-12)31-22(23)24/h7-11,22H,2-6H2,1H3,(H,25,28)(H,26,27). The molecule has 1 amide bonds. The van der Waals surface area contributed by atoms with Gasteiger partial charge in [0.1, 0.15) is 16.4 Å². The second kappa shape index (κ2) is 9.47. The van der Waals surface area contributed by atoms with E-state index in [1.165, 1.54) is 23.5 Å². The molecule has 0 spiro atoms. The molecule has 0 saturated heterocycles. The van der Waals surface area contributed by atoms with Crippen molar-refractivity contribution in [2.75, 3.05) is 11.9 Å². The van der Waals surface area contributed by atoms with E-state index >= 15 is 0 Å². The Balaban J connectivity index is 1.53. The Labute approximate surface area is 186 Å². The van der Waals surface area contributed by atoms with E-state index in [2.05, 4.69) is 20.3 Å². The summed E-state index contributed by atoms with van der Waals surface area (Å²) in [5.74, 6) is -0.838. The lowest BCUT2D eigenvalue weighted by atomic mass is 9.95. The van der Waals surface area contributed by atoms with E-state index in [1.54, 1.807) is 25.1 Å². The first kappa shape index (κ1) is 21.9. The minimum Gasteiger partial charge on any atom is -0.462 e. The van der Waals surface area contributed by atoms with Crippen molar-refractivity contribution >= 4 is 28.2 Å². The third-order valence-electron chi connectivity index (χ3n) is 5.08. The van der Waals surface area contributed by atoms with Gasteiger partial charge in [-0.3, -0.25) is 9.89 Å². The van der Waals surface area contributed by atoms with Crippen LogP contribution in [-0.2, 0) is 17.6 Å². The van der Waals surface area contributed by atoms with Crippen molar-refractivity contribution in [3.63, 3.8) is 0 Å². The molecule has 2 heterocycles. The monoisotopic (exact) mass is 461 g/mol. The number of rotatable bonds is 7. The first-order chi connectivity index (χ1) is 15.5. The van der Waals surface area contributed by atoms with Crippen molar-refractivity contribution in [3.05, 3.63) is 52.0 Å². The van der Waals surface area contributed by atoms with Crippen LogP contribution in [0.1, 0.15) is 51.1 Å². The Bertz CT molecular complexity index is 1120. The lowest BCUT2D eigenvalue weighted by Crippen LogP contribution is -2.16. The Morgan fingerprint density at radius 3 is 2.69 bits per heavy atom. The highest BCUT2D eigenvalue weighted by atomic mass is 32.1. The van der Waals surface area contributed by atoms with Gasteiger partial charge in [-0.25, -0.2) is 4.79 Å². The van der Waals surface area contributed by atoms with Crippen molar-refractivity contribution in [2.24, 2.45) is 0 Å². The molecule has 2 aromatic heterocycles. The van der Waals surface area contributed by atoms with Crippen LogP contribution in [0.5, 0.6) is 5.75 Å². The summed E-state index contributed by atoms with van der Waals surface area (Å²) in [6, 6.07) is 7.49. The number of aromatic nitrogens is 2. The van der Waals surface area contributed by atoms with Crippen LogP contribution < -0.4 is 10.1 Å². The molecule has 4 rings (SSSR count). The fraction of sp³-hybridized carbons (Fsp3) is 0.318. The number of hydrogen-bond donors (Lipinski definition) is 2. The first-order valence-electron chi connectivity index (χ1n) is 10.2. The van der Waals surface area contributed by atoms with Crippen LogP contribution in [-0.4, -0.2) is 35.3 Å². The van der Waals surface area contributed by atoms with Gasteiger partial charge >= 0.3 is 12.6 Å². The molecule has 0 unspecified atom stereocenters. The molecule has 1 aliphatic rings. The number of alkyl halides is 2. The number of nitrogens with zero attached hydrogens (tertiary/aromatic N) is 1. The topological polar surface area (TPSA) is 93.3 Å². The average Bonchev–Trinajstić information content (AvgIpc) is 3.39. The third kappa shape index (κ3) is 4.64. The van der Waals surface area contributed by atoms with Gasteiger partial charge in [0.25, 0.3) is 5.91 Å². The van der Waals surface area contributed by atoms with Crippen LogP contribution in [0.2, 0.25) is 0 Å². The SMILES string of the molecule is CCOC(=O)c1c(NC(=O)c2cc(-c3ccc(OC(F)F)cc3)n[nH]2)sc2c1CCCC2. The molecule has 0 bridgehead atoms. The van der Waals surface area contributed by atoms with E-state index in [0.29, 0.717) is 21.8 Å². The molecule has 0 atom stereocenters. The molecule has 3 aromatic rings. The summed E-state index contributed by atoms with van der Waals surface area (Å²) in [6.07, 6.45) is 3.71. The van der Waals surface area contributed by atoms with Gasteiger partial charge in [0, 0.05) is 10.4 Å². The smallest absolute Gasteiger partial charge is 0.387 e. The molecular weight excluding hydrogens is 440 g/mol. The van der Waals surface area contributed by atoms with Crippen molar-refractivity contribution in [1.29, 1.82) is 0 Å². The zero-order valence-corrected chi connectivity index (χ0v) is 18.1. The molecule has 168 valence electrons. The number of ether oxygens (including phenoxy) is 2. The second-order valence-corrected chi connectivity index (χ2v) is 8.26. The number of thiophene rings is 1. The maximum atomic E-state index is 12.8. The molecule has 2 N–H and O–H groups in total. The molecule has 0 saturated carbocycles. The molecule has 0 radical (unpaired) electrons. The van der Waals surface area contributed by atoms with Gasteiger partial charge in [0.15, 0.2) is 0 Å². The Hall–Kier alpha value is -3.27. The largest absolute Gasteiger partial charge is 0.462 e. The molecular formula is C22H21F2N3O4S. The maximum absolute atomic E-state index is 12.8. The fourth-order valence-corrected chi connectivity index (χ4v) is 4.91. The molecule has 10 heteroatoms. The number of aryl methyl sites for hydroxylation is 1. The van der Waals surface area contributed by atoms with Crippen molar-refractivity contribution in [1.82, 2.24) is 10.2 Å². The van der Waals surface area contributed by atoms with Crippen LogP contribution in [0.3, 0.4) is 0 Å². The maximum Gasteiger partial charge on any atom is 0.387 e. The van der Waals surface area contributed by atoms with Crippen molar-refractivity contribution < 1.29 is 27.8 Å². The number of esters is 1. The number of amides is 1. The van der Waals surface area contributed by atoms with Gasteiger partial charge < -0.3 is 14.8 Å². The van der Waals surface area contributed by atoms with Crippen LogP contribution in [0, 0.1) is 0 Å². The quantitative estimate of drug-likeness (QED) is 0.481. The van der Waals surface area contributed by atoms with Crippen LogP contribution in [0.25, 0.3) is 11.3 Å². The number of aromatic amines is 1. The second-order valence-electron chi connectivity index (χ2n) is 7.16.